The van der Waals surface area contributed by atoms with Crippen molar-refractivity contribution in [1.29, 1.82) is 0 Å². The lowest BCUT2D eigenvalue weighted by Gasteiger charge is -2.30. The van der Waals surface area contributed by atoms with E-state index in [-0.39, 0.29) is 0 Å². The summed E-state index contributed by atoms with van der Waals surface area (Å²) in [7, 11) is 4.39. The minimum Gasteiger partial charge on any atom is -0.374 e. The maximum atomic E-state index is 5.72. The van der Waals surface area contributed by atoms with Crippen molar-refractivity contribution < 1.29 is 4.74 Å². The maximum absolute atomic E-state index is 5.72. The molecule has 0 aromatic heterocycles. The fraction of sp³-hybridized carbons (Fsp3) is 1.00. The molecule has 2 aliphatic rings. The van der Waals surface area contributed by atoms with Gasteiger partial charge in [-0.2, -0.15) is 0 Å². The van der Waals surface area contributed by atoms with Crippen molar-refractivity contribution in [3.05, 3.63) is 0 Å². The second kappa shape index (κ2) is 5.96. The summed E-state index contributed by atoms with van der Waals surface area (Å²) in [5.74, 6) is 0. The number of rotatable bonds is 4. The van der Waals surface area contributed by atoms with Gasteiger partial charge in [-0.1, -0.05) is 0 Å². The summed E-state index contributed by atoms with van der Waals surface area (Å²) in [5.41, 5.74) is 0. The Hall–Kier alpha value is -0.160. The number of hydrogen-bond acceptors (Lipinski definition) is 4. The van der Waals surface area contributed by atoms with Gasteiger partial charge in [0, 0.05) is 32.2 Å². The molecule has 2 rings (SSSR count). The Balaban J connectivity index is 1.60. The lowest BCUT2D eigenvalue weighted by atomic mass is 10.2. The number of nitrogens with one attached hydrogen (secondary N) is 1. The topological polar surface area (TPSA) is 27.7 Å². The molecule has 1 N–H and O–H groups in total. The Bertz CT molecular complexity index is 212. The van der Waals surface area contributed by atoms with Gasteiger partial charge in [-0.05, 0) is 33.5 Å². The van der Waals surface area contributed by atoms with Crippen LogP contribution in [0.15, 0.2) is 0 Å². The van der Waals surface area contributed by atoms with Crippen LogP contribution in [0.1, 0.15) is 12.8 Å². The Labute approximate surface area is 98.9 Å². The number of likely N-dealkylation sites (tertiary alicyclic amines) is 1. The molecule has 0 radical (unpaired) electrons. The lowest BCUT2D eigenvalue weighted by Crippen LogP contribution is -2.46. The van der Waals surface area contributed by atoms with Gasteiger partial charge in [-0.25, -0.2) is 0 Å². The van der Waals surface area contributed by atoms with Gasteiger partial charge >= 0.3 is 0 Å². The van der Waals surface area contributed by atoms with Crippen LogP contribution in [0.3, 0.4) is 0 Å². The van der Waals surface area contributed by atoms with E-state index in [0.29, 0.717) is 6.10 Å². The second-order valence-corrected chi connectivity index (χ2v) is 5.19. The van der Waals surface area contributed by atoms with Crippen molar-refractivity contribution in [3.8, 4) is 0 Å². The number of morpholine rings is 1. The molecule has 94 valence electrons. The monoisotopic (exact) mass is 227 g/mol. The van der Waals surface area contributed by atoms with Crippen molar-refractivity contribution in [2.75, 3.05) is 53.4 Å². The molecular weight excluding hydrogens is 202 g/mol. The first-order valence-electron chi connectivity index (χ1n) is 6.47. The number of ether oxygens (including phenoxy) is 1. The van der Waals surface area contributed by atoms with E-state index in [2.05, 4.69) is 29.2 Å². The highest BCUT2D eigenvalue weighted by Gasteiger charge is 2.21. The number of nitrogens with zero attached hydrogens (tertiary/aromatic N) is 2. The molecule has 0 bridgehead atoms. The first-order valence-corrected chi connectivity index (χ1v) is 6.47. The van der Waals surface area contributed by atoms with Gasteiger partial charge < -0.3 is 19.9 Å². The largest absolute Gasteiger partial charge is 0.374 e. The highest BCUT2D eigenvalue weighted by atomic mass is 16.5. The molecule has 16 heavy (non-hydrogen) atoms. The molecule has 0 aliphatic carbocycles. The first-order chi connectivity index (χ1) is 7.75. The molecule has 2 atom stereocenters. The Morgan fingerprint density at radius 3 is 2.81 bits per heavy atom. The van der Waals surface area contributed by atoms with Crippen LogP contribution < -0.4 is 5.32 Å². The van der Waals surface area contributed by atoms with E-state index < -0.39 is 0 Å². The normalized spacial score (nSPS) is 33.4. The Morgan fingerprint density at radius 1 is 1.25 bits per heavy atom. The smallest absolute Gasteiger partial charge is 0.0826 e. The average molecular weight is 227 g/mol. The Kier molecular flexibility index (Phi) is 4.58. The maximum Gasteiger partial charge on any atom is 0.0826 e. The molecule has 0 aromatic carbocycles. The second-order valence-electron chi connectivity index (χ2n) is 5.19. The van der Waals surface area contributed by atoms with E-state index in [1.54, 1.807) is 0 Å². The van der Waals surface area contributed by atoms with E-state index in [1.807, 2.05) is 0 Å². The zero-order chi connectivity index (χ0) is 11.4. The zero-order valence-electron chi connectivity index (χ0n) is 10.6. The van der Waals surface area contributed by atoms with Gasteiger partial charge in [0.2, 0.25) is 0 Å². The molecular formula is C12H25N3O. The number of hydrogen-bond donors (Lipinski definition) is 1. The minimum atomic E-state index is 0.380. The predicted octanol–water partition coefficient (Wildman–Crippen LogP) is 0.000800. The highest BCUT2D eigenvalue weighted by Crippen LogP contribution is 2.13. The fourth-order valence-corrected chi connectivity index (χ4v) is 2.64. The third-order valence-corrected chi connectivity index (χ3v) is 3.77. The summed E-state index contributed by atoms with van der Waals surface area (Å²) in [4.78, 5) is 4.80. The molecule has 0 aromatic rings. The molecule has 4 heteroatoms. The fourth-order valence-electron chi connectivity index (χ4n) is 2.64. The van der Waals surface area contributed by atoms with Crippen LogP contribution in [0.25, 0.3) is 0 Å². The van der Waals surface area contributed by atoms with Crippen molar-refractivity contribution in [2.24, 2.45) is 0 Å². The van der Waals surface area contributed by atoms with Crippen molar-refractivity contribution in [1.82, 2.24) is 15.1 Å². The van der Waals surface area contributed by atoms with Gasteiger partial charge in [-0.15, -0.1) is 0 Å². The summed E-state index contributed by atoms with van der Waals surface area (Å²) in [6.07, 6.45) is 3.07. The third-order valence-electron chi connectivity index (χ3n) is 3.77. The van der Waals surface area contributed by atoms with E-state index >= 15 is 0 Å². The standard InChI is InChI=1S/C12H25N3O/c1-14-6-7-16-12(10-14)9-13-8-11-4-3-5-15(11)2/h11-13H,3-10H2,1-2H3. The van der Waals surface area contributed by atoms with Gasteiger partial charge in [0.15, 0.2) is 0 Å². The lowest BCUT2D eigenvalue weighted by molar-refractivity contribution is -0.0184. The molecule has 0 spiro atoms. The number of likely N-dealkylation sites (N-methyl/N-ethyl adjacent to an activating group) is 2. The van der Waals surface area contributed by atoms with Crippen LogP contribution in [0.5, 0.6) is 0 Å². The highest BCUT2D eigenvalue weighted by molar-refractivity contribution is 4.79. The van der Waals surface area contributed by atoms with Crippen molar-refractivity contribution in [3.63, 3.8) is 0 Å². The van der Waals surface area contributed by atoms with E-state index in [0.717, 1.165) is 38.8 Å². The SMILES string of the molecule is CN1CCOC(CNCC2CCCN2C)C1. The van der Waals surface area contributed by atoms with E-state index in [4.69, 9.17) is 4.74 Å². The molecule has 4 nitrogen and oxygen atoms in total. The van der Waals surface area contributed by atoms with Crippen LogP contribution in [-0.4, -0.2) is 75.4 Å². The van der Waals surface area contributed by atoms with E-state index in [9.17, 15) is 0 Å². The molecule has 2 fully saturated rings. The summed E-state index contributed by atoms with van der Waals surface area (Å²) in [6.45, 7) is 6.38. The minimum absolute atomic E-state index is 0.380. The average Bonchev–Trinajstić information content (AvgIpc) is 2.65. The molecule has 0 amide bonds. The summed E-state index contributed by atoms with van der Waals surface area (Å²) in [6, 6.07) is 0.737. The van der Waals surface area contributed by atoms with Gasteiger partial charge in [0.05, 0.1) is 12.7 Å². The molecule has 2 unspecified atom stereocenters. The van der Waals surface area contributed by atoms with E-state index in [1.165, 1.54) is 19.4 Å². The molecule has 2 aliphatic heterocycles. The van der Waals surface area contributed by atoms with Crippen LogP contribution in [-0.2, 0) is 4.74 Å². The molecule has 2 saturated heterocycles. The van der Waals surface area contributed by atoms with Gasteiger partial charge in [0.25, 0.3) is 0 Å². The Morgan fingerprint density at radius 2 is 2.12 bits per heavy atom. The quantitative estimate of drug-likeness (QED) is 0.732. The zero-order valence-corrected chi connectivity index (χ0v) is 10.6. The van der Waals surface area contributed by atoms with Crippen molar-refractivity contribution >= 4 is 0 Å². The first kappa shape index (κ1) is 12.3. The summed E-state index contributed by atoms with van der Waals surface area (Å²) >= 11 is 0. The van der Waals surface area contributed by atoms with Crippen LogP contribution in [0.2, 0.25) is 0 Å². The summed E-state index contributed by atoms with van der Waals surface area (Å²) < 4.78 is 5.72. The third kappa shape index (κ3) is 3.42. The predicted molar refractivity (Wildman–Crippen MR) is 65.8 cm³/mol. The van der Waals surface area contributed by atoms with Crippen molar-refractivity contribution in [2.45, 2.75) is 25.0 Å². The van der Waals surface area contributed by atoms with Crippen LogP contribution in [0, 0.1) is 0 Å². The summed E-state index contributed by atoms with van der Waals surface area (Å²) in [5, 5.41) is 3.55. The molecule has 2 heterocycles. The molecule has 0 saturated carbocycles. The van der Waals surface area contributed by atoms with Gasteiger partial charge in [0.1, 0.15) is 0 Å². The van der Waals surface area contributed by atoms with Gasteiger partial charge in [-0.3, -0.25) is 0 Å². The van der Waals surface area contributed by atoms with Crippen LogP contribution in [0.4, 0.5) is 0 Å². The van der Waals surface area contributed by atoms with Crippen LogP contribution >= 0.6 is 0 Å².